The molecule has 1 aromatic carbocycles. The van der Waals surface area contributed by atoms with Gasteiger partial charge in [-0.05, 0) is 43.0 Å². The van der Waals surface area contributed by atoms with Gasteiger partial charge in [-0.25, -0.2) is 14.8 Å². The Labute approximate surface area is 153 Å². The van der Waals surface area contributed by atoms with Crippen molar-refractivity contribution in [3.8, 4) is 0 Å². The van der Waals surface area contributed by atoms with Gasteiger partial charge in [0.15, 0.2) is 0 Å². The number of carbonyl (C=O) groups excluding carboxylic acids is 1. The lowest BCUT2D eigenvalue weighted by Gasteiger charge is -2.13. The Bertz CT molecular complexity index is 765. The van der Waals surface area contributed by atoms with Crippen molar-refractivity contribution in [3.05, 3.63) is 41.9 Å². The van der Waals surface area contributed by atoms with Crippen molar-refractivity contribution in [1.29, 1.82) is 0 Å². The molecule has 2 rings (SSSR count). The van der Waals surface area contributed by atoms with E-state index in [1.165, 1.54) is 24.3 Å². The molecule has 0 spiro atoms. The fourth-order valence-electron chi connectivity index (χ4n) is 1.99. The van der Waals surface area contributed by atoms with Crippen LogP contribution < -0.4 is 15.5 Å². The van der Waals surface area contributed by atoms with Gasteiger partial charge in [-0.3, -0.25) is 0 Å². The second-order valence-corrected chi connectivity index (χ2v) is 6.70. The summed E-state index contributed by atoms with van der Waals surface area (Å²) in [6.45, 7) is 1.95. The van der Waals surface area contributed by atoms with Crippen LogP contribution in [-0.2, 0) is 6.54 Å². The first-order valence-corrected chi connectivity index (χ1v) is 8.36. The molecule has 26 heavy (non-hydrogen) atoms. The largest absolute Gasteiger partial charge is 0.446 e. The predicted octanol–water partition coefficient (Wildman–Crippen LogP) is 3.78. The second kappa shape index (κ2) is 8.26. The lowest BCUT2D eigenvalue weighted by molar-refractivity contribution is -0.0328. The van der Waals surface area contributed by atoms with Crippen molar-refractivity contribution in [3.63, 3.8) is 0 Å². The molecule has 0 saturated carbocycles. The van der Waals surface area contributed by atoms with Gasteiger partial charge in [0.25, 0.3) is 0 Å². The minimum absolute atomic E-state index is 0.0489. The van der Waals surface area contributed by atoms with E-state index >= 15 is 0 Å². The van der Waals surface area contributed by atoms with Gasteiger partial charge in [0.2, 0.25) is 0 Å². The number of rotatable bonds is 5. The van der Waals surface area contributed by atoms with Crippen molar-refractivity contribution in [2.75, 3.05) is 24.3 Å². The van der Waals surface area contributed by atoms with E-state index in [9.17, 15) is 18.0 Å². The highest BCUT2D eigenvalue weighted by Gasteiger charge is 2.29. The van der Waals surface area contributed by atoms with Gasteiger partial charge in [0.1, 0.15) is 11.6 Å². The number of nitrogens with one attached hydrogen (secondary N) is 2. The Balaban J connectivity index is 1.91. The normalized spacial score (nSPS) is 11.2. The molecule has 0 atom stereocenters. The monoisotopic (exact) mass is 385 g/mol. The molecule has 0 fully saturated rings. The van der Waals surface area contributed by atoms with E-state index in [1.54, 1.807) is 0 Å². The van der Waals surface area contributed by atoms with E-state index in [0.717, 1.165) is 11.5 Å². The molecule has 0 aliphatic heterocycles. The number of nitrogens with zero attached hydrogens (tertiary/aromatic N) is 3. The Kier molecular flexibility index (Phi) is 6.30. The van der Waals surface area contributed by atoms with Crippen LogP contribution in [0, 0.1) is 6.92 Å². The molecule has 1 aromatic heterocycles. The second-order valence-electron chi connectivity index (χ2n) is 5.56. The number of amides is 2. The fourth-order valence-corrected chi connectivity index (χ4v) is 2.53. The van der Waals surface area contributed by atoms with E-state index in [1.807, 2.05) is 32.0 Å². The maximum absolute atomic E-state index is 12.3. The van der Waals surface area contributed by atoms with Crippen LogP contribution in [0.5, 0.6) is 0 Å². The van der Waals surface area contributed by atoms with Gasteiger partial charge >= 0.3 is 11.5 Å². The Morgan fingerprint density at radius 1 is 1.19 bits per heavy atom. The molecule has 0 bridgehead atoms. The first kappa shape index (κ1) is 19.8. The summed E-state index contributed by atoms with van der Waals surface area (Å²) >= 11 is -0.208. The molecule has 0 unspecified atom stereocenters. The summed E-state index contributed by atoms with van der Waals surface area (Å²) in [4.78, 5) is 22.4. The quantitative estimate of drug-likeness (QED) is 0.767. The smallest absolute Gasteiger partial charge is 0.363 e. The average Bonchev–Trinajstić information content (AvgIpc) is 2.53. The van der Waals surface area contributed by atoms with Crippen LogP contribution in [0.2, 0.25) is 0 Å². The predicted molar refractivity (Wildman–Crippen MR) is 95.3 cm³/mol. The van der Waals surface area contributed by atoms with E-state index in [2.05, 4.69) is 20.6 Å². The molecule has 2 aromatic rings. The summed E-state index contributed by atoms with van der Waals surface area (Å²) in [6, 6.07) is 6.71. The van der Waals surface area contributed by atoms with Gasteiger partial charge in [-0.1, -0.05) is 0 Å². The van der Waals surface area contributed by atoms with Crippen LogP contribution in [0.1, 0.15) is 11.5 Å². The SMILES string of the molecule is Cc1cc(N(C)C)nc(CNC(=O)Nc2ccc(SC(F)(F)F)cc2)n1. The van der Waals surface area contributed by atoms with Gasteiger partial charge in [-0.15, -0.1) is 0 Å². The van der Waals surface area contributed by atoms with E-state index < -0.39 is 11.5 Å². The number of halogens is 3. The maximum atomic E-state index is 12.3. The summed E-state index contributed by atoms with van der Waals surface area (Å²) in [5, 5.41) is 5.16. The van der Waals surface area contributed by atoms with Crippen LogP contribution in [-0.4, -0.2) is 35.6 Å². The first-order chi connectivity index (χ1) is 12.1. The maximum Gasteiger partial charge on any atom is 0.446 e. The van der Waals surface area contributed by atoms with Crippen LogP contribution in [0.3, 0.4) is 0 Å². The highest BCUT2D eigenvalue weighted by Crippen LogP contribution is 2.36. The van der Waals surface area contributed by atoms with Crippen molar-refractivity contribution >= 4 is 29.3 Å². The number of hydrogen-bond acceptors (Lipinski definition) is 5. The number of alkyl halides is 3. The summed E-state index contributed by atoms with van der Waals surface area (Å²) < 4.78 is 36.9. The molecular formula is C16H18F3N5OS. The highest BCUT2D eigenvalue weighted by molar-refractivity contribution is 8.00. The Morgan fingerprint density at radius 2 is 1.85 bits per heavy atom. The molecule has 2 amide bonds. The van der Waals surface area contributed by atoms with Gasteiger partial charge < -0.3 is 15.5 Å². The number of urea groups is 1. The molecule has 6 nitrogen and oxygen atoms in total. The van der Waals surface area contributed by atoms with E-state index in [-0.39, 0.29) is 23.2 Å². The molecule has 140 valence electrons. The summed E-state index contributed by atoms with van der Waals surface area (Å²) in [5.41, 5.74) is -3.18. The highest BCUT2D eigenvalue weighted by atomic mass is 32.2. The van der Waals surface area contributed by atoms with Gasteiger partial charge in [0, 0.05) is 36.4 Å². The number of carbonyl (C=O) groups is 1. The minimum Gasteiger partial charge on any atom is -0.363 e. The zero-order valence-corrected chi connectivity index (χ0v) is 15.2. The van der Waals surface area contributed by atoms with Crippen LogP contribution in [0.15, 0.2) is 35.2 Å². The Morgan fingerprint density at radius 3 is 2.42 bits per heavy atom. The zero-order valence-electron chi connectivity index (χ0n) is 14.4. The van der Waals surface area contributed by atoms with E-state index in [4.69, 9.17) is 0 Å². The molecule has 0 aliphatic rings. The lowest BCUT2D eigenvalue weighted by atomic mass is 10.3. The van der Waals surface area contributed by atoms with Crippen LogP contribution in [0.25, 0.3) is 0 Å². The minimum atomic E-state index is -4.34. The van der Waals surface area contributed by atoms with Crippen molar-refractivity contribution < 1.29 is 18.0 Å². The van der Waals surface area contributed by atoms with E-state index in [0.29, 0.717) is 11.5 Å². The number of anilines is 2. The molecule has 2 N–H and O–H groups in total. The standard InChI is InChI=1S/C16H18F3N5OS/c1-10-8-14(24(2)3)23-13(21-10)9-20-15(25)22-11-4-6-12(7-5-11)26-16(17,18)19/h4-8H,9H2,1-3H3,(H2,20,22,25). The summed E-state index contributed by atoms with van der Waals surface area (Å²) in [5.74, 6) is 1.19. The Hall–Kier alpha value is -2.49. The van der Waals surface area contributed by atoms with Crippen LogP contribution in [0.4, 0.5) is 29.5 Å². The molecular weight excluding hydrogens is 367 g/mol. The van der Waals surface area contributed by atoms with Crippen LogP contribution >= 0.6 is 11.8 Å². The molecule has 0 saturated heterocycles. The lowest BCUT2D eigenvalue weighted by Crippen LogP contribution is -2.29. The zero-order chi connectivity index (χ0) is 19.3. The fraction of sp³-hybridized carbons (Fsp3) is 0.312. The third kappa shape index (κ3) is 6.43. The summed E-state index contributed by atoms with van der Waals surface area (Å²) in [7, 11) is 3.71. The molecule has 10 heteroatoms. The number of aromatic nitrogens is 2. The van der Waals surface area contributed by atoms with Crippen molar-refractivity contribution in [2.24, 2.45) is 0 Å². The van der Waals surface area contributed by atoms with Crippen molar-refractivity contribution in [1.82, 2.24) is 15.3 Å². The topological polar surface area (TPSA) is 70.2 Å². The first-order valence-electron chi connectivity index (χ1n) is 7.55. The third-order valence-electron chi connectivity index (χ3n) is 3.10. The molecule has 0 radical (unpaired) electrons. The molecule has 0 aliphatic carbocycles. The number of hydrogen-bond donors (Lipinski definition) is 2. The number of thioether (sulfide) groups is 1. The third-order valence-corrected chi connectivity index (χ3v) is 3.84. The number of aryl methyl sites for hydroxylation is 1. The van der Waals surface area contributed by atoms with Crippen molar-refractivity contribution in [2.45, 2.75) is 23.9 Å². The number of benzene rings is 1. The summed E-state index contributed by atoms with van der Waals surface area (Å²) in [6.07, 6.45) is 0. The van der Waals surface area contributed by atoms with Gasteiger partial charge in [0.05, 0.1) is 6.54 Å². The molecule has 1 heterocycles. The van der Waals surface area contributed by atoms with Gasteiger partial charge in [-0.2, -0.15) is 13.2 Å². The average molecular weight is 385 g/mol.